The zero-order valence-corrected chi connectivity index (χ0v) is 11.7. The van der Waals surface area contributed by atoms with Crippen LogP contribution >= 0.6 is 0 Å². The van der Waals surface area contributed by atoms with E-state index in [1.54, 1.807) is 0 Å². The van der Waals surface area contributed by atoms with Crippen LogP contribution in [0.4, 0.5) is 0 Å². The lowest BCUT2D eigenvalue weighted by atomic mass is 10.1. The van der Waals surface area contributed by atoms with Gasteiger partial charge in [0.1, 0.15) is 9.79 Å². The van der Waals surface area contributed by atoms with Gasteiger partial charge in [0.25, 0.3) is 0 Å². The van der Waals surface area contributed by atoms with Crippen LogP contribution in [0.3, 0.4) is 0 Å². The third-order valence-corrected chi connectivity index (χ3v) is 4.13. The molecule has 0 saturated heterocycles. The topological polar surface area (TPSA) is 150 Å². The Kier molecular flexibility index (Phi) is 4.53. The third-order valence-electron chi connectivity index (χ3n) is 2.30. The van der Waals surface area contributed by atoms with Gasteiger partial charge in [0.15, 0.2) is 5.75 Å². The van der Waals surface area contributed by atoms with Gasteiger partial charge in [0.05, 0.1) is 7.11 Å². The van der Waals surface area contributed by atoms with E-state index in [0.717, 1.165) is 19.2 Å². The zero-order chi connectivity index (χ0) is 14.8. The van der Waals surface area contributed by atoms with E-state index >= 15 is 0 Å². The first kappa shape index (κ1) is 15.9. The molecule has 0 aromatic heterocycles. The lowest BCUT2D eigenvalue weighted by molar-refractivity contribution is 0.299. The summed E-state index contributed by atoms with van der Waals surface area (Å²) >= 11 is 0. The van der Waals surface area contributed by atoms with E-state index in [0.29, 0.717) is 0 Å². The van der Waals surface area contributed by atoms with E-state index in [4.69, 9.17) is 20.1 Å². The second kappa shape index (κ2) is 5.43. The number of rotatable bonds is 5. The summed E-state index contributed by atoms with van der Waals surface area (Å²) in [6.07, 6.45) is 0.0506. The summed E-state index contributed by atoms with van der Waals surface area (Å²) in [6, 6.07) is 2.28. The molecular weight excluding hydrogens is 296 g/mol. The first-order chi connectivity index (χ1) is 8.61. The number of methoxy groups -OCH3 is 1. The minimum Gasteiger partial charge on any atom is -0.494 e. The van der Waals surface area contributed by atoms with Crippen LogP contribution in [-0.2, 0) is 26.5 Å². The summed E-state index contributed by atoms with van der Waals surface area (Å²) < 4.78 is 50.6. The monoisotopic (exact) mass is 310 g/mol. The van der Waals surface area contributed by atoms with Gasteiger partial charge >= 0.3 is 0 Å². The first-order valence-electron chi connectivity index (χ1n) is 4.98. The van der Waals surface area contributed by atoms with Crippen molar-refractivity contribution in [2.24, 2.45) is 10.3 Å². The number of aliphatic hydroxyl groups is 1. The van der Waals surface area contributed by atoms with Gasteiger partial charge in [-0.1, -0.05) is 0 Å². The minimum atomic E-state index is -4.20. The summed E-state index contributed by atoms with van der Waals surface area (Å²) in [5.74, 6) is -0.438. The molecule has 108 valence electrons. The Bertz CT molecular complexity index is 628. The van der Waals surface area contributed by atoms with Gasteiger partial charge in [-0.2, -0.15) is 0 Å². The fourth-order valence-corrected chi connectivity index (χ4v) is 3.13. The number of hydrogen-bond acceptors (Lipinski definition) is 6. The number of nitrogens with two attached hydrogens (primary N) is 2. The normalized spacial score (nSPS) is 12.4. The lowest BCUT2D eigenvalue weighted by Crippen LogP contribution is -2.19. The van der Waals surface area contributed by atoms with Crippen molar-refractivity contribution in [2.75, 3.05) is 13.7 Å². The maximum atomic E-state index is 11.4. The van der Waals surface area contributed by atoms with E-state index in [-0.39, 0.29) is 18.6 Å². The van der Waals surface area contributed by atoms with Crippen LogP contribution in [0.25, 0.3) is 0 Å². The van der Waals surface area contributed by atoms with Crippen LogP contribution in [0.1, 0.15) is 5.56 Å². The van der Waals surface area contributed by atoms with E-state index in [2.05, 4.69) is 0 Å². The summed E-state index contributed by atoms with van der Waals surface area (Å²) in [4.78, 5) is -0.991. The maximum Gasteiger partial charge on any atom is 0.241 e. The number of sulfonamides is 2. The van der Waals surface area contributed by atoms with E-state index < -0.39 is 35.6 Å². The molecule has 0 radical (unpaired) electrons. The van der Waals surface area contributed by atoms with E-state index in [1.165, 1.54) is 0 Å². The molecule has 1 aromatic carbocycles. The molecule has 8 nitrogen and oxygen atoms in total. The number of ether oxygens (including phenoxy) is 1. The van der Waals surface area contributed by atoms with Crippen LogP contribution < -0.4 is 15.0 Å². The molecule has 5 N–H and O–H groups in total. The summed E-state index contributed by atoms with van der Waals surface area (Å²) in [5.41, 5.74) is 0.261. The molecule has 0 amide bonds. The molecule has 0 aliphatic carbocycles. The van der Waals surface area contributed by atoms with Crippen molar-refractivity contribution >= 4 is 20.0 Å². The van der Waals surface area contributed by atoms with Crippen molar-refractivity contribution in [3.8, 4) is 5.75 Å². The Morgan fingerprint density at radius 3 is 1.79 bits per heavy atom. The smallest absolute Gasteiger partial charge is 0.241 e. The van der Waals surface area contributed by atoms with Crippen LogP contribution in [0.2, 0.25) is 0 Å². The number of primary sulfonamides is 2. The van der Waals surface area contributed by atoms with Gasteiger partial charge in [0.2, 0.25) is 20.0 Å². The molecule has 0 heterocycles. The van der Waals surface area contributed by atoms with Gasteiger partial charge in [0, 0.05) is 6.61 Å². The lowest BCUT2D eigenvalue weighted by Gasteiger charge is -2.13. The summed E-state index contributed by atoms with van der Waals surface area (Å²) in [6.45, 7) is -0.291. The highest BCUT2D eigenvalue weighted by molar-refractivity contribution is 7.90. The average molecular weight is 310 g/mol. The van der Waals surface area contributed by atoms with Crippen molar-refractivity contribution in [1.82, 2.24) is 0 Å². The van der Waals surface area contributed by atoms with Gasteiger partial charge in [-0.05, 0) is 24.1 Å². The fourth-order valence-electron chi connectivity index (χ4n) is 1.53. The van der Waals surface area contributed by atoms with Crippen LogP contribution in [0, 0.1) is 0 Å². The summed E-state index contributed by atoms with van der Waals surface area (Å²) in [5, 5.41) is 18.8. The van der Waals surface area contributed by atoms with Gasteiger partial charge in [-0.3, -0.25) is 0 Å². The van der Waals surface area contributed by atoms with Crippen molar-refractivity contribution in [3.05, 3.63) is 17.7 Å². The predicted molar refractivity (Wildman–Crippen MR) is 66.5 cm³/mol. The Morgan fingerprint density at radius 1 is 1.11 bits per heavy atom. The number of aliphatic hydroxyl groups excluding tert-OH is 1. The molecule has 0 bridgehead atoms. The van der Waals surface area contributed by atoms with Crippen molar-refractivity contribution in [2.45, 2.75) is 16.2 Å². The van der Waals surface area contributed by atoms with Crippen LogP contribution in [-0.4, -0.2) is 35.7 Å². The van der Waals surface area contributed by atoms with Gasteiger partial charge < -0.3 is 9.84 Å². The standard InChI is InChI=1S/C9H14N2O6S2/c1-17-9-7(18(10,13)14)4-6(2-3-12)5-8(9)19(11,15)16/h4-5,12H,2-3H2,1H3,(H2,10,13,14)(H2,11,15,16). The molecule has 1 rings (SSSR count). The zero-order valence-electron chi connectivity index (χ0n) is 10.0. The van der Waals surface area contributed by atoms with E-state index in [9.17, 15) is 16.8 Å². The van der Waals surface area contributed by atoms with E-state index in [1.807, 2.05) is 0 Å². The predicted octanol–water partition coefficient (Wildman–Crippen LogP) is -1.48. The molecule has 19 heavy (non-hydrogen) atoms. The van der Waals surface area contributed by atoms with Crippen LogP contribution in [0.15, 0.2) is 21.9 Å². The van der Waals surface area contributed by atoms with Crippen molar-refractivity contribution in [3.63, 3.8) is 0 Å². The molecule has 1 aromatic rings. The highest BCUT2D eigenvalue weighted by atomic mass is 32.2. The Hall–Kier alpha value is -1.20. The molecule has 0 aliphatic heterocycles. The van der Waals surface area contributed by atoms with Crippen molar-refractivity contribution < 1.29 is 26.7 Å². The highest BCUT2D eigenvalue weighted by Crippen LogP contribution is 2.31. The Morgan fingerprint density at radius 2 is 1.53 bits per heavy atom. The third kappa shape index (κ3) is 3.64. The summed E-state index contributed by atoms with van der Waals surface area (Å²) in [7, 11) is -7.29. The molecule has 10 heteroatoms. The molecule has 0 spiro atoms. The first-order valence-corrected chi connectivity index (χ1v) is 8.08. The molecular formula is C9H14N2O6S2. The quantitative estimate of drug-likeness (QED) is 0.604. The maximum absolute atomic E-state index is 11.4. The molecule has 0 saturated carbocycles. The minimum absolute atomic E-state index is 0.0506. The van der Waals surface area contributed by atoms with Crippen LogP contribution in [0.5, 0.6) is 5.75 Å². The molecule has 0 atom stereocenters. The average Bonchev–Trinajstić information content (AvgIpc) is 2.26. The van der Waals surface area contributed by atoms with Gasteiger partial charge in [-0.25, -0.2) is 27.1 Å². The SMILES string of the molecule is COc1c(S(N)(=O)=O)cc(CCO)cc1S(N)(=O)=O. The second-order valence-electron chi connectivity index (χ2n) is 3.69. The van der Waals surface area contributed by atoms with Gasteiger partial charge in [-0.15, -0.1) is 0 Å². The van der Waals surface area contributed by atoms with Crippen molar-refractivity contribution in [1.29, 1.82) is 0 Å². The second-order valence-corrected chi connectivity index (χ2v) is 6.75. The number of benzene rings is 1. The molecule has 0 unspecified atom stereocenters. The highest BCUT2D eigenvalue weighted by Gasteiger charge is 2.25. The Balaban J connectivity index is 3.77. The Labute approximate surface area is 111 Å². The largest absolute Gasteiger partial charge is 0.494 e. The number of hydrogen-bond donors (Lipinski definition) is 3. The fraction of sp³-hybridized carbons (Fsp3) is 0.333. The molecule has 0 fully saturated rings. The molecule has 0 aliphatic rings.